The first kappa shape index (κ1) is 23.9. The number of nitrogens with zero attached hydrogens (tertiary/aromatic N) is 1. The Kier molecular flexibility index (Phi) is 6.43. The van der Waals surface area contributed by atoms with E-state index in [4.69, 9.17) is 4.74 Å². The molecule has 0 unspecified atom stereocenters. The van der Waals surface area contributed by atoms with Crippen molar-refractivity contribution in [1.82, 2.24) is 20.5 Å². The number of carbonyl (C=O) groups excluding carboxylic acids is 3. The normalized spacial score (nSPS) is 22.6. The predicted octanol–water partition coefficient (Wildman–Crippen LogP) is 3.93. The Morgan fingerprint density at radius 1 is 1.17 bits per heavy atom. The molecule has 0 radical (unpaired) electrons. The summed E-state index contributed by atoms with van der Waals surface area (Å²) in [5.74, 6) is 0.0290. The van der Waals surface area contributed by atoms with Crippen LogP contribution in [0.5, 0.6) is 5.75 Å². The summed E-state index contributed by atoms with van der Waals surface area (Å²) < 4.78 is 5.31. The number of methoxy groups -OCH3 is 1. The van der Waals surface area contributed by atoms with Crippen molar-refractivity contribution < 1.29 is 19.1 Å². The number of H-pyrrole nitrogens is 1. The van der Waals surface area contributed by atoms with Crippen LogP contribution in [0, 0.1) is 5.92 Å². The first-order chi connectivity index (χ1) is 17.4. The van der Waals surface area contributed by atoms with E-state index in [0.29, 0.717) is 13.0 Å². The van der Waals surface area contributed by atoms with Gasteiger partial charge in [0.2, 0.25) is 5.91 Å². The van der Waals surface area contributed by atoms with Crippen LogP contribution in [-0.2, 0) is 9.59 Å². The molecule has 3 N–H and O–H groups in total. The van der Waals surface area contributed by atoms with Crippen LogP contribution in [0.15, 0.2) is 54.7 Å². The van der Waals surface area contributed by atoms with E-state index in [2.05, 4.69) is 21.7 Å². The Morgan fingerprint density at radius 3 is 2.69 bits per heavy atom. The minimum atomic E-state index is -0.870. The summed E-state index contributed by atoms with van der Waals surface area (Å²) >= 11 is 0. The average molecular weight is 489 g/mol. The fraction of sp³-hybridized carbons (Fsp3) is 0.393. The van der Waals surface area contributed by atoms with Gasteiger partial charge in [0.05, 0.1) is 7.11 Å². The van der Waals surface area contributed by atoms with Gasteiger partial charge in [0.25, 0.3) is 5.91 Å². The lowest BCUT2D eigenvalue weighted by atomic mass is 9.73. The zero-order chi connectivity index (χ0) is 25.3. The van der Waals surface area contributed by atoms with Gasteiger partial charge < -0.3 is 20.4 Å². The number of hydrogen-bond donors (Lipinski definition) is 3. The highest BCUT2D eigenvalue weighted by Gasteiger charge is 2.55. The van der Waals surface area contributed by atoms with Gasteiger partial charge in [0.15, 0.2) is 0 Å². The molecule has 1 aliphatic heterocycles. The number of imide groups is 1. The quantitative estimate of drug-likeness (QED) is 0.439. The second-order valence-electron chi connectivity index (χ2n) is 9.86. The van der Waals surface area contributed by atoms with Gasteiger partial charge in [-0.15, -0.1) is 0 Å². The number of ether oxygens (including phenoxy) is 1. The number of benzene rings is 2. The lowest BCUT2D eigenvalue weighted by Gasteiger charge is -2.36. The molecular formula is C28H32N4O4. The van der Waals surface area contributed by atoms with Crippen molar-refractivity contribution in [1.29, 1.82) is 0 Å². The minimum absolute atomic E-state index is 0.0529. The maximum Gasteiger partial charge on any atom is 0.325 e. The van der Waals surface area contributed by atoms with Crippen molar-refractivity contribution in [3.8, 4) is 5.75 Å². The summed E-state index contributed by atoms with van der Waals surface area (Å²) in [7, 11) is 1.63. The number of para-hydroxylation sites is 1. The van der Waals surface area contributed by atoms with E-state index in [1.807, 2.05) is 55.6 Å². The van der Waals surface area contributed by atoms with E-state index in [0.717, 1.165) is 51.9 Å². The fourth-order valence-corrected chi connectivity index (χ4v) is 5.68. The zero-order valence-electron chi connectivity index (χ0n) is 20.7. The lowest BCUT2D eigenvalue weighted by Crippen LogP contribution is -2.54. The number of urea groups is 1. The second-order valence-corrected chi connectivity index (χ2v) is 9.86. The third-order valence-electron chi connectivity index (χ3n) is 7.82. The fourth-order valence-electron chi connectivity index (χ4n) is 5.68. The summed E-state index contributed by atoms with van der Waals surface area (Å²) in [5, 5.41) is 6.96. The van der Waals surface area contributed by atoms with Crippen molar-refractivity contribution >= 4 is 28.7 Å². The van der Waals surface area contributed by atoms with Gasteiger partial charge >= 0.3 is 6.03 Å². The molecule has 8 nitrogen and oxygen atoms in total. The van der Waals surface area contributed by atoms with Gasteiger partial charge in [-0.05, 0) is 48.1 Å². The van der Waals surface area contributed by atoms with Gasteiger partial charge in [0, 0.05) is 29.6 Å². The van der Waals surface area contributed by atoms with E-state index < -0.39 is 11.6 Å². The smallest absolute Gasteiger partial charge is 0.325 e. The van der Waals surface area contributed by atoms with E-state index in [-0.39, 0.29) is 30.2 Å². The highest BCUT2D eigenvalue weighted by Crippen LogP contribution is 2.38. The Bertz CT molecular complexity index is 1280. The molecule has 36 heavy (non-hydrogen) atoms. The number of rotatable bonds is 7. The summed E-state index contributed by atoms with van der Waals surface area (Å²) in [5.41, 5.74) is 2.22. The molecule has 4 amide bonds. The molecule has 1 aliphatic carbocycles. The maximum atomic E-state index is 13.2. The molecule has 1 saturated heterocycles. The third kappa shape index (κ3) is 4.21. The Balaban J connectivity index is 1.33. The van der Waals surface area contributed by atoms with Gasteiger partial charge in [-0.25, -0.2) is 4.79 Å². The van der Waals surface area contributed by atoms with Gasteiger partial charge in [-0.1, -0.05) is 50.1 Å². The van der Waals surface area contributed by atoms with Gasteiger partial charge in [-0.3, -0.25) is 14.5 Å². The molecule has 188 valence electrons. The Morgan fingerprint density at radius 2 is 1.94 bits per heavy atom. The molecule has 2 fully saturated rings. The first-order valence-electron chi connectivity index (χ1n) is 12.5. The summed E-state index contributed by atoms with van der Waals surface area (Å²) in [6.07, 6.45) is 5.42. The van der Waals surface area contributed by atoms with E-state index >= 15 is 0 Å². The number of fused-ring (bicyclic) bond motifs is 1. The monoisotopic (exact) mass is 488 g/mol. The summed E-state index contributed by atoms with van der Waals surface area (Å²) in [4.78, 5) is 43.3. The molecule has 2 aromatic carbocycles. The average Bonchev–Trinajstić information content (AvgIpc) is 3.42. The molecule has 0 bridgehead atoms. The standard InChI is InChI=1S/C28H32N4O4/c1-18-7-5-6-14-28(18)26(34)32(27(35)31-28)17-25(33)30-15-22(19-10-12-20(36-2)13-11-19)23-16-29-24-9-4-3-8-21(23)24/h3-4,8-13,16,18,22,29H,5-7,14-15,17H2,1-2H3,(H,30,33)(H,31,35)/t18-,22-,28+/m0/s1. The van der Waals surface area contributed by atoms with Crippen LogP contribution >= 0.6 is 0 Å². The molecule has 1 aromatic heterocycles. The number of hydrogen-bond acceptors (Lipinski definition) is 4. The van der Waals surface area contributed by atoms with E-state index in [9.17, 15) is 14.4 Å². The molecule has 1 saturated carbocycles. The van der Waals surface area contributed by atoms with Crippen LogP contribution in [0.25, 0.3) is 10.9 Å². The predicted molar refractivity (Wildman–Crippen MR) is 137 cm³/mol. The van der Waals surface area contributed by atoms with Gasteiger partial charge in [0.1, 0.15) is 17.8 Å². The van der Waals surface area contributed by atoms with Crippen LogP contribution in [0.3, 0.4) is 0 Å². The number of amides is 4. The SMILES string of the molecule is COc1ccc([C@H](CNC(=O)CN2C(=O)N[C@@]3(CCCC[C@@H]3C)C2=O)c2c[nH]c3ccccc23)cc1. The third-order valence-corrected chi connectivity index (χ3v) is 7.82. The molecule has 5 rings (SSSR count). The number of aromatic amines is 1. The molecule has 3 aromatic rings. The molecule has 8 heteroatoms. The Labute approximate surface area is 210 Å². The van der Waals surface area contributed by atoms with Crippen molar-refractivity contribution in [3.63, 3.8) is 0 Å². The van der Waals surface area contributed by atoms with Crippen LogP contribution < -0.4 is 15.4 Å². The van der Waals surface area contributed by atoms with Crippen molar-refractivity contribution in [2.45, 2.75) is 44.1 Å². The lowest BCUT2D eigenvalue weighted by molar-refractivity contribution is -0.137. The minimum Gasteiger partial charge on any atom is -0.497 e. The second kappa shape index (κ2) is 9.68. The largest absolute Gasteiger partial charge is 0.497 e. The van der Waals surface area contributed by atoms with Crippen LogP contribution in [-0.4, -0.2) is 53.5 Å². The topological polar surface area (TPSA) is 104 Å². The van der Waals surface area contributed by atoms with Crippen LogP contribution in [0.2, 0.25) is 0 Å². The summed E-state index contributed by atoms with van der Waals surface area (Å²) in [6, 6.07) is 15.3. The first-order valence-corrected chi connectivity index (χ1v) is 12.5. The number of carbonyl (C=O) groups is 3. The summed E-state index contributed by atoms with van der Waals surface area (Å²) in [6.45, 7) is 2.03. The highest BCUT2D eigenvalue weighted by atomic mass is 16.5. The van der Waals surface area contributed by atoms with Crippen LogP contribution in [0.4, 0.5) is 4.79 Å². The molecule has 2 heterocycles. The molecule has 3 atom stereocenters. The van der Waals surface area contributed by atoms with Crippen molar-refractivity contribution in [2.75, 3.05) is 20.2 Å². The Hall–Kier alpha value is -3.81. The molecule has 1 spiro atoms. The molecule has 2 aliphatic rings. The number of nitrogens with one attached hydrogen (secondary N) is 3. The van der Waals surface area contributed by atoms with Crippen molar-refractivity contribution in [2.24, 2.45) is 5.92 Å². The number of aromatic nitrogens is 1. The van der Waals surface area contributed by atoms with Crippen molar-refractivity contribution in [3.05, 3.63) is 65.9 Å². The zero-order valence-corrected chi connectivity index (χ0v) is 20.7. The molecular weight excluding hydrogens is 456 g/mol. The van der Waals surface area contributed by atoms with E-state index in [1.165, 1.54) is 0 Å². The highest BCUT2D eigenvalue weighted by molar-refractivity contribution is 6.09. The maximum absolute atomic E-state index is 13.2. The van der Waals surface area contributed by atoms with Gasteiger partial charge in [-0.2, -0.15) is 0 Å². The van der Waals surface area contributed by atoms with E-state index in [1.54, 1.807) is 7.11 Å². The van der Waals surface area contributed by atoms with Crippen LogP contribution in [0.1, 0.15) is 49.7 Å².